The summed E-state index contributed by atoms with van der Waals surface area (Å²) in [4.78, 5) is 13.8. The van der Waals surface area contributed by atoms with Crippen molar-refractivity contribution in [3.8, 4) is 57.0 Å². The highest BCUT2D eigenvalue weighted by Crippen LogP contribution is 2.42. The molecule has 0 amide bonds. The van der Waals surface area contributed by atoms with E-state index in [1.807, 2.05) is 48.7 Å². The van der Waals surface area contributed by atoms with Gasteiger partial charge in [-0.2, -0.15) is 0 Å². The van der Waals surface area contributed by atoms with E-state index in [2.05, 4.69) is 25.8 Å². The molecule has 53 heavy (non-hydrogen) atoms. The Morgan fingerprint density at radius 3 is 1.57 bits per heavy atom. The van der Waals surface area contributed by atoms with Gasteiger partial charge in [0, 0.05) is 67.5 Å². The van der Waals surface area contributed by atoms with Gasteiger partial charge in [-0.1, -0.05) is 0 Å². The second-order valence-corrected chi connectivity index (χ2v) is 12.7. The summed E-state index contributed by atoms with van der Waals surface area (Å²) < 4.78 is 61.9. The van der Waals surface area contributed by atoms with Crippen molar-refractivity contribution in [3.05, 3.63) is 102 Å². The molecule has 2 aromatic heterocycles. The topological polar surface area (TPSA) is 87.6 Å². The number of methoxy groups -OCH3 is 6. The molecule has 0 N–H and O–H groups in total. The average Bonchev–Trinajstić information content (AvgIpc) is 3.20. The van der Waals surface area contributed by atoms with Crippen LogP contribution in [0.3, 0.4) is 0 Å². The van der Waals surface area contributed by atoms with Crippen LogP contribution in [0.1, 0.15) is 24.0 Å². The second kappa shape index (κ2) is 16.8. The van der Waals surface area contributed by atoms with Crippen molar-refractivity contribution < 1.29 is 37.2 Å². The molecular formula is C41H44F2N4O6. The highest BCUT2D eigenvalue weighted by atomic mass is 19.2. The monoisotopic (exact) mass is 726 g/mol. The molecule has 0 aliphatic carbocycles. The van der Waals surface area contributed by atoms with Crippen LogP contribution in [0.5, 0.6) is 34.5 Å². The van der Waals surface area contributed by atoms with Crippen molar-refractivity contribution in [2.45, 2.75) is 32.0 Å². The Balaban J connectivity index is 1.20. The minimum atomic E-state index is -0.877. The van der Waals surface area contributed by atoms with Gasteiger partial charge in [0.2, 0.25) is 11.5 Å². The molecule has 3 aromatic carbocycles. The number of anilines is 1. The highest BCUT2D eigenvalue weighted by Gasteiger charge is 2.27. The summed E-state index contributed by atoms with van der Waals surface area (Å²) in [5, 5.41) is 0. The lowest BCUT2D eigenvalue weighted by Gasteiger charge is -2.40. The van der Waals surface area contributed by atoms with Gasteiger partial charge < -0.3 is 33.3 Å². The van der Waals surface area contributed by atoms with Crippen LogP contribution in [0.4, 0.5) is 14.5 Å². The largest absolute Gasteiger partial charge is 0.493 e. The van der Waals surface area contributed by atoms with E-state index in [0.29, 0.717) is 52.4 Å². The van der Waals surface area contributed by atoms with Gasteiger partial charge >= 0.3 is 0 Å². The molecule has 3 heterocycles. The van der Waals surface area contributed by atoms with Crippen molar-refractivity contribution in [1.82, 2.24) is 14.9 Å². The lowest BCUT2D eigenvalue weighted by Crippen LogP contribution is -2.44. The summed E-state index contributed by atoms with van der Waals surface area (Å²) >= 11 is 0. The minimum absolute atomic E-state index is 0.0844. The molecule has 0 saturated carbocycles. The Labute approximate surface area is 308 Å². The van der Waals surface area contributed by atoms with Crippen LogP contribution in [-0.2, 0) is 13.1 Å². The lowest BCUT2D eigenvalue weighted by molar-refractivity contribution is 0.201. The van der Waals surface area contributed by atoms with E-state index in [1.165, 1.54) is 12.1 Å². The van der Waals surface area contributed by atoms with Crippen LogP contribution in [-0.4, -0.2) is 76.7 Å². The Kier molecular flexibility index (Phi) is 11.8. The minimum Gasteiger partial charge on any atom is -0.493 e. The first-order valence-electron chi connectivity index (χ1n) is 17.2. The fourth-order valence-electron chi connectivity index (χ4n) is 6.86. The Bertz CT molecular complexity index is 1990. The van der Waals surface area contributed by atoms with Crippen LogP contribution < -0.4 is 33.3 Å². The summed E-state index contributed by atoms with van der Waals surface area (Å²) in [5.41, 5.74) is 5.86. The molecule has 0 bridgehead atoms. The van der Waals surface area contributed by atoms with Crippen molar-refractivity contribution in [3.63, 3.8) is 0 Å². The second-order valence-electron chi connectivity index (χ2n) is 12.7. The number of pyridine rings is 2. The molecule has 278 valence electrons. The smallest absolute Gasteiger partial charge is 0.203 e. The predicted octanol–water partition coefficient (Wildman–Crippen LogP) is 7.81. The third-order valence-corrected chi connectivity index (χ3v) is 9.56. The van der Waals surface area contributed by atoms with E-state index < -0.39 is 11.6 Å². The molecule has 0 radical (unpaired) electrons. The number of nitrogens with zero attached hydrogens (tertiary/aromatic N) is 4. The number of hydrogen-bond donors (Lipinski definition) is 0. The quantitative estimate of drug-likeness (QED) is 0.113. The number of hydrogen-bond acceptors (Lipinski definition) is 10. The first-order chi connectivity index (χ1) is 25.8. The van der Waals surface area contributed by atoms with Gasteiger partial charge in [-0.25, -0.2) is 8.78 Å². The van der Waals surface area contributed by atoms with E-state index >= 15 is 0 Å². The van der Waals surface area contributed by atoms with Gasteiger partial charge in [-0.3, -0.25) is 14.9 Å². The summed E-state index contributed by atoms with van der Waals surface area (Å²) in [6.45, 7) is 2.85. The molecule has 0 spiro atoms. The number of halogens is 2. The van der Waals surface area contributed by atoms with Crippen LogP contribution in [0.15, 0.2) is 79.1 Å². The number of ether oxygens (including phenoxy) is 6. The van der Waals surface area contributed by atoms with Gasteiger partial charge in [0.25, 0.3) is 0 Å². The van der Waals surface area contributed by atoms with Crippen LogP contribution in [0.2, 0.25) is 0 Å². The van der Waals surface area contributed by atoms with Gasteiger partial charge in [0.05, 0.1) is 54.0 Å². The molecule has 1 aliphatic rings. The maximum Gasteiger partial charge on any atom is 0.203 e. The van der Waals surface area contributed by atoms with Gasteiger partial charge in [-0.15, -0.1) is 0 Å². The number of likely N-dealkylation sites (tertiary alicyclic amines) is 1. The highest BCUT2D eigenvalue weighted by molar-refractivity contribution is 5.70. The van der Waals surface area contributed by atoms with E-state index in [9.17, 15) is 8.78 Å². The number of rotatable bonds is 14. The van der Waals surface area contributed by atoms with Crippen molar-refractivity contribution in [1.29, 1.82) is 0 Å². The fraction of sp³-hybridized carbons (Fsp3) is 0.317. The SMILES string of the molecule is COc1cc(-c2cc(CN3CCC(N(Cc4ccnc(-c5cc(OC)c(OC)c(OC)c5)c4)c4ccc(F)c(F)c4)CC3)ccn2)cc(OC)c1OC. The molecular weight excluding hydrogens is 682 g/mol. The third-order valence-electron chi connectivity index (χ3n) is 9.56. The maximum atomic E-state index is 14.6. The summed E-state index contributed by atoms with van der Waals surface area (Å²) in [6, 6.07) is 19.7. The Morgan fingerprint density at radius 2 is 1.09 bits per heavy atom. The molecule has 0 unspecified atom stereocenters. The molecule has 0 atom stereocenters. The first-order valence-corrected chi connectivity index (χ1v) is 17.2. The van der Waals surface area contributed by atoms with Gasteiger partial charge in [0.1, 0.15) is 0 Å². The molecule has 1 fully saturated rings. The zero-order valence-corrected chi connectivity index (χ0v) is 30.8. The molecule has 5 aromatic rings. The zero-order chi connectivity index (χ0) is 37.5. The lowest BCUT2D eigenvalue weighted by atomic mass is 10.00. The van der Waals surface area contributed by atoms with Crippen molar-refractivity contribution in [2.24, 2.45) is 0 Å². The number of aromatic nitrogens is 2. The molecule has 10 nitrogen and oxygen atoms in total. The summed E-state index contributed by atoms with van der Waals surface area (Å²) in [5.74, 6) is 1.43. The van der Waals surface area contributed by atoms with E-state index in [-0.39, 0.29) is 6.04 Å². The zero-order valence-electron chi connectivity index (χ0n) is 30.8. The molecule has 12 heteroatoms. The van der Waals surface area contributed by atoms with Crippen molar-refractivity contribution in [2.75, 3.05) is 60.6 Å². The Hall–Kier alpha value is -5.62. The molecule has 1 saturated heterocycles. The van der Waals surface area contributed by atoms with E-state index in [1.54, 1.807) is 54.9 Å². The van der Waals surface area contributed by atoms with E-state index in [0.717, 1.165) is 60.4 Å². The average molecular weight is 727 g/mol. The molecule has 6 rings (SSSR count). The van der Waals surface area contributed by atoms with Gasteiger partial charge in [0.15, 0.2) is 34.6 Å². The fourth-order valence-corrected chi connectivity index (χ4v) is 6.86. The van der Waals surface area contributed by atoms with Crippen molar-refractivity contribution >= 4 is 5.69 Å². The van der Waals surface area contributed by atoms with Crippen LogP contribution in [0, 0.1) is 11.6 Å². The third kappa shape index (κ3) is 8.23. The molecule has 1 aliphatic heterocycles. The number of benzene rings is 3. The summed E-state index contributed by atoms with van der Waals surface area (Å²) in [6.07, 6.45) is 5.22. The number of piperidine rings is 1. The van der Waals surface area contributed by atoms with E-state index in [4.69, 9.17) is 28.4 Å². The van der Waals surface area contributed by atoms with Crippen LogP contribution in [0.25, 0.3) is 22.5 Å². The van der Waals surface area contributed by atoms with Gasteiger partial charge in [-0.05, 0) is 84.6 Å². The predicted molar refractivity (Wildman–Crippen MR) is 199 cm³/mol. The standard InChI is InChI=1S/C41H44F2N4O6/c1-48-36-19-28(20-37(49-2)40(36)52-5)34-17-26(9-13-44-34)24-46-15-11-30(12-16-46)47(31-7-8-32(42)33(43)23-31)25-27-10-14-45-35(18-27)29-21-38(50-3)41(53-6)39(22-29)51-4/h7-10,13-14,17-23,30H,11-12,15-16,24-25H2,1-6H3. The summed E-state index contributed by atoms with van der Waals surface area (Å²) in [7, 11) is 9.46. The normalized spacial score (nSPS) is 13.4. The Morgan fingerprint density at radius 1 is 0.604 bits per heavy atom. The maximum absolute atomic E-state index is 14.6. The first kappa shape index (κ1) is 37.1. The van der Waals surface area contributed by atoms with Crippen LogP contribution >= 0.6 is 0 Å².